The van der Waals surface area contributed by atoms with Crippen molar-refractivity contribution in [3.8, 4) is 22.2 Å². The number of fused-ring (bicyclic) bond motifs is 1. The number of ether oxygens (including phenoxy) is 2. The molecule has 0 spiro atoms. The van der Waals surface area contributed by atoms with Gasteiger partial charge in [-0.3, -0.25) is 4.79 Å². The number of aromatic nitrogens is 4. The molecule has 1 N–H and O–H groups in total. The minimum atomic E-state index is -0.192. The molecule has 0 saturated carbocycles. The minimum Gasteiger partial charge on any atom is -0.486 e. The number of nitrogens with one attached hydrogen (secondary N) is 1. The van der Waals surface area contributed by atoms with Gasteiger partial charge in [0.05, 0.1) is 10.9 Å². The van der Waals surface area contributed by atoms with Crippen LogP contribution in [0.1, 0.15) is 18.5 Å². The first-order valence-corrected chi connectivity index (χ1v) is 9.07. The Morgan fingerprint density at radius 2 is 2.15 bits per heavy atom. The van der Waals surface area contributed by atoms with Crippen LogP contribution in [0.4, 0.5) is 0 Å². The Morgan fingerprint density at radius 3 is 2.96 bits per heavy atom. The van der Waals surface area contributed by atoms with Crippen molar-refractivity contribution < 1.29 is 14.3 Å². The van der Waals surface area contributed by atoms with Crippen molar-refractivity contribution in [1.82, 2.24) is 25.5 Å². The lowest BCUT2D eigenvalue weighted by Crippen LogP contribution is -2.31. The number of carbonyl (C=O) groups excluding carboxylic acids is 1. The first-order chi connectivity index (χ1) is 12.7. The maximum absolute atomic E-state index is 12.3. The fourth-order valence-electron chi connectivity index (χ4n) is 2.64. The summed E-state index contributed by atoms with van der Waals surface area (Å²) in [6.07, 6.45) is 0. The van der Waals surface area contributed by atoms with Crippen molar-refractivity contribution >= 4 is 17.2 Å². The molecule has 0 fully saturated rings. The van der Waals surface area contributed by atoms with Gasteiger partial charge in [0.15, 0.2) is 11.5 Å². The second-order valence-electron chi connectivity index (χ2n) is 5.81. The topological polar surface area (TPSA) is 91.2 Å². The third-order valence-electron chi connectivity index (χ3n) is 3.92. The predicted molar refractivity (Wildman–Crippen MR) is 95.1 cm³/mol. The summed E-state index contributed by atoms with van der Waals surface area (Å²) in [6.45, 7) is 3.00. The molecule has 2 aromatic heterocycles. The predicted octanol–water partition coefficient (Wildman–Crippen LogP) is 2.05. The number of nitrogens with zero attached hydrogens (tertiary/aromatic N) is 4. The molecule has 0 bridgehead atoms. The Morgan fingerprint density at radius 1 is 1.31 bits per heavy atom. The summed E-state index contributed by atoms with van der Waals surface area (Å²) in [5.74, 6) is 1.76. The smallest absolute Gasteiger partial charge is 0.244 e. The van der Waals surface area contributed by atoms with Gasteiger partial charge in [0.2, 0.25) is 11.7 Å². The Labute approximate surface area is 153 Å². The van der Waals surface area contributed by atoms with E-state index in [4.69, 9.17) is 9.47 Å². The zero-order chi connectivity index (χ0) is 17.9. The fourth-order valence-corrected chi connectivity index (χ4v) is 3.29. The van der Waals surface area contributed by atoms with E-state index in [1.165, 1.54) is 16.1 Å². The van der Waals surface area contributed by atoms with Crippen molar-refractivity contribution in [2.45, 2.75) is 19.5 Å². The standard InChI is InChI=1S/C17H17N5O3S/c1-11(12-4-5-13-14(9-12)25-7-6-24-13)18-16(23)10-22-20-17(19-21-22)15-3-2-8-26-15/h2-5,8-9,11H,6-7,10H2,1H3,(H,18,23)/t11-/m1/s1. The van der Waals surface area contributed by atoms with Crippen LogP contribution in [0.2, 0.25) is 0 Å². The van der Waals surface area contributed by atoms with E-state index in [-0.39, 0.29) is 18.5 Å². The molecule has 3 aromatic rings. The van der Waals surface area contributed by atoms with E-state index in [9.17, 15) is 4.79 Å². The van der Waals surface area contributed by atoms with Crippen LogP contribution in [-0.4, -0.2) is 39.3 Å². The van der Waals surface area contributed by atoms with Crippen LogP contribution >= 0.6 is 11.3 Å². The van der Waals surface area contributed by atoms with Crippen LogP contribution in [0.15, 0.2) is 35.7 Å². The molecular weight excluding hydrogens is 354 g/mol. The van der Waals surface area contributed by atoms with Crippen molar-refractivity contribution in [1.29, 1.82) is 0 Å². The van der Waals surface area contributed by atoms with E-state index in [2.05, 4.69) is 20.7 Å². The van der Waals surface area contributed by atoms with Gasteiger partial charge in [0.1, 0.15) is 19.8 Å². The molecule has 0 radical (unpaired) electrons. The van der Waals surface area contributed by atoms with Crippen LogP contribution < -0.4 is 14.8 Å². The summed E-state index contributed by atoms with van der Waals surface area (Å²) in [5, 5.41) is 17.0. The lowest BCUT2D eigenvalue weighted by molar-refractivity contribution is -0.122. The SMILES string of the molecule is C[C@@H](NC(=O)Cn1nnc(-c2cccs2)n1)c1ccc2c(c1)OCCO2. The van der Waals surface area contributed by atoms with Crippen molar-refractivity contribution in [3.63, 3.8) is 0 Å². The zero-order valence-corrected chi connectivity index (χ0v) is 14.9. The molecule has 1 aliphatic rings. The van der Waals surface area contributed by atoms with Gasteiger partial charge in [0.25, 0.3) is 0 Å². The zero-order valence-electron chi connectivity index (χ0n) is 14.1. The summed E-state index contributed by atoms with van der Waals surface area (Å²) in [7, 11) is 0. The lowest BCUT2D eigenvalue weighted by Gasteiger charge is -2.21. The number of rotatable bonds is 5. The van der Waals surface area contributed by atoms with Gasteiger partial charge in [-0.2, -0.15) is 4.80 Å². The average molecular weight is 371 g/mol. The summed E-state index contributed by atoms with van der Waals surface area (Å²) in [5.41, 5.74) is 0.938. The molecule has 1 amide bonds. The van der Waals surface area contributed by atoms with Gasteiger partial charge in [-0.15, -0.1) is 21.5 Å². The first-order valence-electron chi connectivity index (χ1n) is 8.19. The van der Waals surface area contributed by atoms with Crippen LogP contribution in [0.25, 0.3) is 10.7 Å². The third-order valence-corrected chi connectivity index (χ3v) is 4.79. The first kappa shape index (κ1) is 16.5. The summed E-state index contributed by atoms with van der Waals surface area (Å²) in [4.78, 5) is 14.5. The molecule has 0 saturated heterocycles. The van der Waals surface area contributed by atoms with Gasteiger partial charge in [-0.1, -0.05) is 12.1 Å². The quantitative estimate of drug-likeness (QED) is 0.738. The number of hydrogen-bond acceptors (Lipinski definition) is 7. The van der Waals surface area contributed by atoms with Crippen LogP contribution in [0.3, 0.4) is 0 Å². The molecule has 26 heavy (non-hydrogen) atoms. The largest absolute Gasteiger partial charge is 0.486 e. The van der Waals surface area contributed by atoms with E-state index in [1.807, 2.05) is 42.6 Å². The van der Waals surface area contributed by atoms with E-state index in [0.717, 1.165) is 16.2 Å². The summed E-state index contributed by atoms with van der Waals surface area (Å²) < 4.78 is 11.1. The molecule has 8 nitrogen and oxygen atoms in total. The highest BCUT2D eigenvalue weighted by Crippen LogP contribution is 2.32. The van der Waals surface area contributed by atoms with Crippen molar-refractivity contribution in [2.75, 3.05) is 13.2 Å². The molecule has 134 valence electrons. The second-order valence-corrected chi connectivity index (χ2v) is 6.76. The number of hydrogen-bond donors (Lipinski definition) is 1. The normalized spacial score (nSPS) is 14.0. The molecular formula is C17H17N5O3S. The van der Waals surface area contributed by atoms with Crippen molar-refractivity contribution in [3.05, 3.63) is 41.3 Å². The van der Waals surface area contributed by atoms with Gasteiger partial charge in [-0.05, 0) is 41.3 Å². The Bertz CT molecular complexity index is 909. The minimum absolute atomic E-state index is 0.00721. The molecule has 1 aromatic carbocycles. The summed E-state index contributed by atoms with van der Waals surface area (Å²) >= 11 is 1.53. The van der Waals surface area contributed by atoms with Crippen molar-refractivity contribution in [2.24, 2.45) is 0 Å². The molecule has 9 heteroatoms. The molecule has 3 heterocycles. The molecule has 4 rings (SSSR count). The molecule has 0 aliphatic carbocycles. The second kappa shape index (κ2) is 7.12. The highest BCUT2D eigenvalue weighted by atomic mass is 32.1. The highest BCUT2D eigenvalue weighted by Gasteiger charge is 2.17. The van der Waals surface area contributed by atoms with Gasteiger partial charge < -0.3 is 14.8 Å². The third kappa shape index (κ3) is 3.52. The number of benzene rings is 1. The molecule has 1 atom stereocenters. The number of thiophene rings is 1. The maximum Gasteiger partial charge on any atom is 0.244 e. The highest BCUT2D eigenvalue weighted by molar-refractivity contribution is 7.13. The molecule has 1 aliphatic heterocycles. The maximum atomic E-state index is 12.3. The van der Waals surface area contributed by atoms with E-state index in [1.54, 1.807) is 0 Å². The molecule has 0 unspecified atom stereocenters. The van der Waals surface area contributed by atoms with Gasteiger partial charge in [-0.25, -0.2) is 0 Å². The Hall–Kier alpha value is -2.94. The number of carbonyl (C=O) groups is 1. The van der Waals surface area contributed by atoms with Crippen LogP contribution in [0, 0.1) is 0 Å². The van der Waals surface area contributed by atoms with Crippen LogP contribution in [-0.2, 0) is 11.3 Å². The van der Waals surface area contributed by atoms with Gasteiger partial charge >= 0.3 is 0 Å². The fraction of sp³-hybridized carbons (Fsp3) is 0.294. The van der Waals surface area contributed by atoms with E-state index in [0.29, 0.717) is 24.8 Å². The Balaban J connectivity index is 1.38. The van der Waals surface area contributed by atoms with Crippen LogP contribution in [0.5, 0.6) is 11.5 Å². The van der Waals surface area contributed by atoms with Gasteiger partial charge in [0, 0.05) is 0 Å². The Kier molecular flexibility index (Phi) is 4.53. The summed E-state index contributed by atoms with van der Waals surface area (Å²) in [6, 6.07) is 9.32. The van der Waals surface area contributed by atoms with E-state index < -0.39 is 0 Å². The average Bonchev–Trinajstić information content (AvgIpc) is 3.32. The lowest BCUT2D eigenvalue weighted by atomic mass is 10.1. The van der Waals surface area contributed by atoms with E-state index >= 15 is 0 Å². The number of amides is 1. The monoisotopic (exact) mass is 371 g/mol. The number of tetrazole rings is 1.